The van der Waals surface area contributed by atoms with Crippen molar-refractivity contribution < 1.29 is 159 Å². The maximum Gasteiger partial charge on any atom is 0.342 e. The smallest absolute Gasteiger partial charge is 0.342 e. The predicted octanol–water partition coefficient (Wildman–Crippen LogP) is 0.935. The van der Waals surface area contributed by atoms with Gasteiger partial charge in [-0.2, -0.15) is 0 Å². The minimum absolute atomic E-state index is 0.0824. The molecule has 0 radical (unpaired) electrons. The van der Waals surface area contributed by atoms with Crippen molar-refractivity contribution in [2.75, 3.05) is 55.1 Å². The highest BCUT2D eigenvalue weighted by molar-refractivity contribution is 6.39. The van der Waals surface area contributed by atoms with E-state index < -0.39 is 230 Å². The molecule has 11 aliphatic heterocycles. The van der Waals surface area contributed by atoms with Crippen LogP contribution in [0.15, 0.2) is 0 Å². The van der Waals surface area contributed by atoms with Crippen molar-refractivity contribution >= 4 is 29.2 Å². The average molecular weight is 1490 g/mol. The van der Waals surface area contributed by atoms with E-state index in [0.717, 1.165) is 0 Å². The van der Waals surface area contributed by atoms with Crippen LogP contribution in [0.2, 0.25) is 10.0 Å². The first-order valence-corrected chi connectivity index (χ1v) is 34.7. The number of halogens is 2. The molecule has 0 bridgehead atoms. The second-order valence-corrected chi connectivity index (χ2v) is 29.2. The Morgan fingerprint density at radius 2 is 1.34 bits per heavy atom. The summed E-state index contributed by atoms with van der Waals surface area (Å²) in [5, 5.41) is 94.3. The zero-order valence-electron chi connectivity index (χ0n) is 58.3. The fourth-order valence-corrected chi connectivity index (χ4v) is 16.3. The molecule has 35 nitrogen and oxygen atoms in total. The highest BCUT2D eigenvalue weighted by Crippen LogP contribution is 2.51. The van der Waals surface area contributed by atoms with Crippen LogP contribution in [0.1, 0.15) is 97.5 Å². The van der Waals surface area contributed by atoms with Crippen molar-refractivity contribution in [1.29, 1.82) is 0 Å². The molecule has 101 heavy (non-hydrogen) atoms. The first-order valence-electron chi connectivity index (χ1n) is 34.0. The van der Waals surface area contributed by atoms with E-state index in [0.29, 0.717) is 0 Å². The van der Waals surface area contributed by atoms with Crippen molar-refractivity contribution in [2.45, 2.75) is 296 Å². The van der Waals surface area contributed by atoms with Crippen LogP contribution in [0.25, 0.3) is 0 Å². The molecule has 1 aromatic carbocycles. The standard InChI is InChI=1S/C64H95Cl2NO34/c1-22(2)62(75)20-85-64(55-54(62)83-21-84-55)98-33-19-82-57(42(72)49(33)101-64)96-60-52(80-13)40(70)48(32(91-60)18-78-11)95-58-41(71)44(23(3)25(5)88-58)94-59-43(73)51-47(27(7)89-59)99-63(100-51)16-30(68)45(28(8)97-63)92-34-15-31(90-35-17-61(10,67(76)77)53(81-14)29(9)87-35)46(26(6)86-34)93-56(74)36-24(4)37(65)39(69)38(66)50(36)79-12/h22-23,25-35,40-49,51-55,57-60,68-73,75H,15-21H2,1-14H3/t23-,25+,26+,27+,28+,29-,30+,31+,32+,33-,34-,35-,40-,41+,42+,43-,44-,45+,46+,47+,48+,49+,51+,52-,53-,54+,55+,57-,58-,59-,60-,61-,62+,63+,64+/m0/s1. The number of esters is 1. The highest BCUT2D eigenvalue weighted by atomic mass is 35.5. The van der Waals surface area contributed by atoms with Crippen LogP contribution >= 0.6 is 23.2 Å². The van der Waals surface area contributed by atoms with Gasteiger partial charge in [-0.25, -0.2) is 4.79 Å². The van der Waals surface area contributed by atoms with E-state index in [4.69, 9.17) is 137 Å². The largest absolute Gasteiger partial charge is 0.505 e. The molecule has 0 saturated carbocycles. The first-order chi connectivity index (χ1) is 47.8. The number of fused-ring (bicyclic) bond motifs is 4. The summed E-state index contributed by atoms with van der Waals surface area (Å²) in [4.78, 5) is 26.4. The van der Waals surface area contributed by atoms with E-state index >= 15 is 0 Å². The number of nitro groups is 1. The molecule has 2 spiro atoms. The molecule has 11 aliphatic rings. The number of aliphatic hydroxyl groups is 6. The highest BCUT2D eigenvalue weighted by Gasteiger charge is 2.70. The number of hydrogen-bond acceptors (Lipinski definition) is 34. The zero-order valence-corrected chi connectivity index (χ0v) is 59.8. The fourth-order valence-electron chi connectivity index (χ4n) is 15.8. The minimum Gasteiger partial charge on any atom is -0.505 e. The lowest BCUT2D eigenvalue weighted by Gasteiger charge is -2.49. The molecule has 574 valence electrons. The molecular formula is C64H95Cl2NO34. The first kappa shape index (κ1) is 77.8. The van der Waals surface area contributed by atoms with Crippen molar-refractivity contribution in [1.82, 2.24) is 0 Å². The Morgan fingerprint density at radius 3 is 2.01 bits per heavy atom. The van der Waals surface area contributed by atoms with Gasteiger partial charge in [0.05, 0.1) is 87.5 Å². The molecule has 11 heterocycles. The quantitative estimate of drug-likeness (QED) is 0.0575. The lowest BCUT2D eigenvalue weighted by Crippen LogP contribution is -2.68. The van der Waals surface area contributed by atoms with Crippen LogP contribution < -0.4 is 4.74 Å². The maximum absolute atomic E-state index is 14.2. The van der Waals surface area contributed by atoms with Gasteiger partial charge in [-0.1, -0.05) is 44.0 Å². The van der Waals surface area contributed by atoms with E-state index in [2.05, 4.69) is 0 Å². The number of carbonyl (C=O) groups is 1. The van der Waals surface area contributed by atoms with Gasteiger partial charge in [-0.05, 0) is 53.0 Å². The Hall–Kier alpha value is -2.85. The minimum atomic E-state index is -1.98. The Labute approximate surface area is 591 Å². The van der Waals surface area contributed by atoms with E-state index in [-0.39, 0.29) is 78.7 Å². The number of benzene rings is 1. The number of ether oxygens (including phenoxy) is 24. The van der Waals surface area contributed by atoms with Gasteiger partial charge in [0.1, 0.15) is 108 Å². The molecule has 1 aromatic rings. The molecule has 0 unspecified atom stereocenters. The number of aliphatic hydroxyl groups excluding tert-OH is 5. The number of carbonyl (C=O) groups excluding carboxylic acids is 1. The lowest BCUT2D eigenvalue weighted by molar-refractivity contribution is -0.595. The Kier molecular flexibility index (Phi) is 23.3. The molecule has 35 atom stereocenters. The molecule has 11 saturated heterocycles. The van der Waals surface area contributed by atoms with Crippen LogP contribution in [0, 0.1) is 28.9 Å². The number of rotatable bonds is 19. The number of nitrogens with zero attached hydrogens (tertiary/aromatic N) is 1. The summed E-state index contributed by atoms with van der Waals surface area (Å²) in [6.07, 6.45) is -37.1. The normalized spacial score (nSPS) is 49.2. The molecular weight excluding hydrogens is 1400 g/mol. The van der Waals surface area contributed by atoms with E-state index in [1.165, 1.54) is 42.3 Å². The number of phenols is 1. The van der Waals surface area contributed by atoms with Gasteiger partial charge >= 0.3 is 11.9 Å². The number of hydrogen-bond donors (Lipinski definition) is 7. The van der Waals surface area contributed by atoms with Crippen LogP contribution in [0.5, 0.6) is 11.5 Å². The Morgan fingerprint density at radius 1 is 0.663 bits per heavy atom. The van der Waals surface area contributed by atoms with Gasteiger partial charge < -0.3 is 149 Å². The van der Waals surface area contributed by atoms with Gasteiger partial charge in [0.25, 0.3) is 11.5 Å². The number of aromatic hydroxyl groups is 1. The third-order valence-corrected chi connectivity index (χ3v) is 22.4. The van der Waals surface area contributed by atoms with Crippen molar-refractivity contribution in [2.24, 2.45) is 11.8 Å². The molecule has 0 amide bonds. The Bertz CT molecular complexity index is 3060. The van der Waals surface area contributed by atoms with E-state index in [1.807, 2.05) is 13.8 Å². The summed E-state index contributed by atoms with van der Waals surface area (Å²) >= 11 is 12.8. The summed E-state index contributed by atoms with van der Waals surface area (Å²) in [5.41, 5.74) is -3.24. The van der Waals surface area contributed by atoms with E-state index in [1.54, 1.807) is 41.5 Å². The zero-order chi connectivity index (χ0) is 73.0. The fraction of sp³-hybridized carbons (Fsp3) is 0.891. The SMILES string of the molecule is COC[C@H]1O[C@@H](O[C@@H]2OC[C@@H]3O[C@@]4(OC[C@@](O)(C(C)C)[C@@H]5OCO[C@H]54)O[C@H]3[C@H]2O)[C@@H](OC)[C@@H](O)[C@@H]1O[C@@H]1O[C@H](C)[C@H](C)[C@H](O[C@@H]2O[C@H](C)[C@H]3O[C@]4(C[C@@H](O)[C@H](O[C@H]5C[C@@H](O[C@H]6C[C@](C)([N+](=O)[O-])[C@@H](OC)[C@H](C)O6)[C@H](OC(=O)c6c(C)c(Cl)c(O)c(Cl)c6OC)[C@@H](C)O5)[C@@H](C)O4)O[C@@H]3[C@@H]2O)[C@H]1O. The summed E-state index contributed by atoms with van der Waals surface area (Å²) in [6.45, 7) is 15.7. The van der Waals surface area contributed by atoms with Gasteiger partial charge in [-0.15, -0.1) is 0 Å². The van der Waals surface area contributed by atoms with Crippen molar-refractivity contribution in [3.8, 4) is 11.5 Å². The molecule has 0 aliphatic carbocycles. The van der Waals surface area contributed by atoms with Crippen molar-refractivity contribution in [3.63, 3.8) is 0 Å². The molecule has 11 fully saturated rings. The molecule has 37 heteroatoms. The van der Waals surface area contributed by atoms with Gasteiger partial charge in [0.2, 0.25) is 0 Å². The molecule has 12 rings (SSSR count). The van der Waals surface area contributed by atoms with Crippen molar-refractivity contribution in [3.05, 3.63) is 31.3 Å². The maximum atomic E-state index is 14.2. The summed E-state index contributed by atoms with van der Waals surface area (Å²) < 4.78 is 147. The second kappa shape index (κ2) is 30.3. The Balaban J connectivity index is 0.680. The predicted molar refractivity (Wildman–Crippen MR) is 333 cm³/mol. The third kappa shape index (κ3) is 14.2. The topological polar surface area (TPSA) is 423 Å². The van der Waals surface area contributed by atoms with Crippen LogP contribution in [-0.4, -0.2) is 309 Å². The van der Waals surface area contributed by atoms with E-state index in [9.17, 15) is 50.7 Å². The number of methoxy groups -OCH3 is 4. The van der Waals surface area contributed by atoms with Gasteiger partial charge in [0, 0.05) is 45.5 Å². The van der Waals surface area contributed by atoms with Gasteiger partial charge in [-0.3, -0.25) is 10.1 Å². The number of phenolic OH excluding ortho intramolecular Hbond substituents is 1. The summed E-state index contributed by atoms with van der Waals surface area (Å²) in [6, 6.07) is 0. The van der Waals surface area contributed by atoms with Gasteiger partial charge in [0.15, 0.2) is 67.6 Å². The third-order valence-electron chi connectivity index (χ3n) is 21.6. The summed E-state index contributed by atoms with van der Waals surface area (Å²) in [7, 11) is 5.27. The summed E-state index contributed by atoms with van der Waals surface area (Å²) in [5.74, 6) is -6.45. The lowest BCUT2D eigenvalue weighted by atomic mass is 9.80. The van der Waals surface area contributed by atoms with Crippen LogP contribution in [-0.2, 0) is 109 Å². The second-order valence-electron chi connectivity index (χ2n) is 28.4. The molecule has 7 N–H and O–H groups in total. The van der Waals surface area contributed by atoms with Crippen LogP contribution in [0.4, 0.5) is 0 Å². The average Bonchev–Trinajstić information content (AvgIpc) is 1.59. The monoisotopic (exact) mass is 1490 g/mol. The molecule has 0 aromatic heterocycles. The van der Waals surface area contributed by atoms with Crippen LogP contribution in [0.3, 0.4) is 0 Å².